The van der Waals surface area contributed by atoms with E-state index in [4.69, 9.17) is 4.74 Å². The number of fused-ring (bicyclic) bond motifs is 1. The van der Waals surface area contributed by atoms with Gasteiger partial charge in [0.1, 0.15) is 0 Å². The highest BCUT2D eigenvalue weighted by atomic mass is 32.2. The zero-order chi connectivity index (χ0) is 18.2. The number of nitrogens with zero attached hydrogens (tertiary/aromatic N) is 2. The van der Waals surface area contributed by atoms with Crippen molar-refractivity contribution >= 4 is 21.8 Å². The van der Waals surface area contributed by atoms with Crippen molar-refractivity contribution in [3.8, 4) is 5.88 Å². The summed E-state index contributed by atoms with van der Waals surface area (Å²) < 4.78 is 46.8. The van der Waals surface area contributed by atoms with E-state index in [1.165, 1.54) is 13.2 Å². The van der Waals surface area contributed by atoms with Crippen molar-refractivity contribution in [1.29, 1.82) is 0 Å². The maximum atomic E-state index is 14.3. The quantitative estimate of drug-likeness (QED) is 0.832. The third kappa shape index (κ3) is 3.28. The Morgan fingerprint density at radius 2 is 1.92 bits per heavy atom. The van der Waals surface area contributed by atoms with Crippen LogP contribution in [0.4, 0.5) is 8.78 Å². The minimum Gasteiger partial charge on any atom is -0.480 e. The zero-order valence-corrected chi connectivity index (χ0v) is 15.5. The van der Waals surface area contributed by atoms with Crippen LogP contribution in [0, 0.1) is 11.6 Å². The molecule has 0 saturated heterocycles. The number of hydrogen-bond donors (Lipinski definition) is 0. The van der Waals surface area contributed by atoms with Crippen molar-refractivity contribution in [2.24, 2.45) is 0 Å². The van der Waals surface area contributed by atoms with E-state index in [2.05, 4.69) is 4.98 Å². The average Bonchev–Trinajstić information content (AvgIpc) is 2.54. The Bertz CT molecular complexity index is 790. The van der Waals surface area contributed by atoms with E-state index in [-0.39, 0.29) is 17.3 Å². The van der Waals surface area contributed by atoms with Crippen LogP contribution in [0.5, 0.6) is 5.88 Å². The van der Waals surface area contributed by atoms with Gasteiger partial charge in [-0.05, 0) is 44.7 Å². The molecule has 7 heteroatoms. The van der Waals surface area contributed by atoms with Gasteiger partial charge < -0.3 is 4.74 Å². The van der Waals surface area contributed by atoms with E-state index in [9.17, 15) is 13.0 Å². The van der Waals surface area contributed by atoms with Gasteiger partial charge in [-0.3, -0.25) is 0 Å². The number of aromatic nitrogens is 1. The fourth-order valence-corrected chi connectivity index (χ4v) is 3.79. The highest BCUT2D eigenvalue weighted by Crippen LogP contribution is 2.35. The van der Waals surface area contributed by atoms with Gasteiger partial charge in [0.05, 0.1) is 28.2 Å². The predicted molar refractivity (Wildman–Crippen MR) is 92.3 cm³/mol. The minimum absolute atomic E-state index is 0.00297. The summed E-state index contributed by atoms with van der Waals surface area (Å²) in [5, 5.41) is 0.489. The molecule has 4 nitrogen and oxygen atoms in total. The van der Waals surface area contributed by atoms with Crippen LogP contribution in [0.25, 0.3) is 10.8 Å². The Labute approximate surface area is 143 Å². The normalized spacial score (nSPS) is 14.9. The molecule has 2 atom stereocenters. The summed E-state index contributed by atoms with van der Waals surface area (Å²) in [6, 6.07) is 2.27. The van der Waals surface area contributed by atoms with E-state index in [0.29, 0.717) is 10.9 Å². The Morgan fingerprint density at radius 1 is 1.29 bits per heavy atom. The van der Waals surface area contributed by atoms with Crippen molar-refractivity contribution in [3.05, 3.63) is 35.5 Å². The highest BCUT2D eigenvalue weighted by molar-refractivity contribution is 7.84. The molecular formula is C17H22F2N2O2S. The van der Waals surface area contributed by atoms with Crippen molar-refractivity contribution in [1.82, 2.24) is 9.29 Å². The average molecular weight is 356 g/mol. The van der Waals surface area contributed by atoms with Gasteiger partial charge in [0, 0.05) is 19.3 Å². The number of halogens is 2. The van der Waals surface area contributed by atoms with Gasteiger partial charge in [-0.15, -0.1) is 0 Å². The summed E-state index contributed by atoms with van der Waals surface area (Å²) >= 11 is 0. The van der Waals surface area contributed by atoms with E-state index in [1.807, 2.05) is 27.7 Å². The van der Waals surface area contributed by atoms with E-state index in [1.54, 1.807) is 17.5 Å². The minimum atomic E-state index is -1.27. The zero-order valence-electron chi connectivity index (χ0n) is 14.7. The number of hydrogen-bond acceptors (Lipinski definition) is 3. The first kappa shape index (κ1) is 18.7. The first-order chi connectivity index (χ1) is 11.1. The molecule has 1 aromatic heterocycles. The molecule has 0 saturated carbocycles. The third-order valence-electron chi connectivity index (χ3n) is 3.91. The number of rotatable bonds is 4. The fraction of sp³-hybridized carbons (Fsp3) is 0.471. The van der Waals surface area contributed by atoms with Crippen LogP contribution in [0.3, 0.4) is 0 Å². The maximum absolute atomic E-state index is 14.3. The largest absolute Gasteiger partial charge is 0.480 e. The number of ether oxygens (including phenoxy) is 1. The van der Waals surface area contributed by atoms with Crippen LogP contribution in [-0.2, 0) is 11.0 Å². The van der Waals surface area contributed by atoms with Crippen LogP contribution in [0.2, 0.25) is 0 Å². The van der Waals surface area contributed by atoms with Gasteiger partial charge in [0.2, 0.25) is 5.88 Å². The van der Waals surface area contributed by atoms with Crippen molar-refractivity contribution in [2.45, 2.75) is 38.5 Å². The van der Waals surface area contributed by atoms with Gasteiger partial charge in [0.25, 0.3) is 0 Å². The molecule has 1 heterocycles. The lowest BCUT2D eigenvalue weighted by Crippen LogP contribution is -2.36. The molecule has 0 aliphatic heterocycles. The Morgan fingerprint density at radius 3 is 2.46 bits per heavy atom. The predicted octanol–water partition coefficient (Wildman–Crippen LogP) is 3.98. The Hall–Kier alpha value is -1.60. The van der Waals surface area contributed by atoms with Crippen molar-refractivity contribution in [3.63, 3.8) is 0 Å². The Balaban J connectivity index is 2.62. The molecule has 1 aromatic carbocycles. The summed E-state index contributed by atoms with van der Waals surface area (Å²) in [5.41, 5.74) is 0.657. The molecular weight excluding hydrogens is 334 g/mol. The van der Waals surface area contributed by atoms with E-state index < -0.39 is 27.4 Å². The van der Waals surface area contributed by atoms with Gasteiger partial charge in [-0.25, -0.2) is 22.3 Å². The second kappa shape index (κ2) is 6.72. The molecule has 0 amide bonds. The summed E-state index contributed by atoms with van der Waals surface area (Å²) in [7, 11) is 1.83. The van der Waals surface area contributed by atoms with Crippen LogP contribution >= 0.6 is 0 Å². The van der Waals surface area contributed by atoms with E-state index >= 15 is 0 Å². The Kier molecular flexibility index (Phi) is 5.25. The highest BCUT2D eigenvalue weighted by Gasteiger charge is 2.29. The molecule has 0 radical (unpaired) electrons. The van der Waals surface area contributed by atoms with Gasteiger partial charge in [0.15, 0.2) is 11.6 Å². The molecule has 2 rings (SSSR count). The lowest BCUT2D eigenvalue weighted by molar-refractivity contribution is 0.396. The SMILES string of the molecule is COc1ncc(C(C)N(C)[S@](=O)C(C)(C)C)c2ccc(F)c(F)c12. The van der Waals surface area contributed by atoms with Crippen LogP contribution in [-0.4, -0.2) is 32.4 Å². The molecule has 24 heavy (non-hydrogen) atoms. The second-order valence-electron chi connectivity index (χ2n) is 6.59. The topological polar surface area (TPSA) is 42.4 Å². The number of benzene rings is 1. The van der Waals surface area contributed by atoms with Crippen molar-refractivity contribution < 1.29 is 17.7 Å². The first-order valence-corrected chi connectivity index (χ1v) is 8.65. The summed E-state index contributed by atoms with van der Waals surface area (Å²) in [5.74, 6) is -1.93. The molecule has 0 fully saturated rings. The molecule has 0 bridgehead atoms. The van der Waals surface area contributed by atoms with Crippen LogP contribution in [0.15, 0.2) is 18.3 Å². The molecule has 0 aliphatic rings. The van der Waals surface area contributed by atoms with E-state index in [0.717, 1.165) is 6.07 Å². The molecule has 1 unspecified atom stereocenters. The standard InChI is InChI=1S/C17H22F2N2O2S/c1-10(21(5)24(22)17(2,3)4)12-9-20-16(23-6)14-11(12)7-8-13(18)15(14)19/h7-10H,1-6H3/t10?,24-/m1/s1. The maximum Gasteiger partial charge on any atom is 0.224 e. The summed E-state index contributed by atoms with van der Waals surface area (Å²) in [4.78, 5) is 4.10. The van der Waals surface area contributed by atoms with Gasteiger partial charge in [-0.1, -0.05) is 6.07 Å². The van der Waals surface area contributed by atoms with Crippen LogP contribution in [0.1, 0.15) is 39.3 Å². The molecule has 0 aliphatic carbocycles. The number of methoxy groups -OCH3 is 1. The third-order valence-corrected chi connectivity index (χ3v) is 5.80. The second-order valence-corrected chi connectivity index (χ2v) is 8.89. The lowest BCUT2D eigenvalue weighted by atomic mass is 10.0. The molecule has 0 N–H and O–H groups in total. The molecule has 132 valence electrons. The fourth-order valence-electron chi connectivity index (χ4n) is 2.52. The lowest BCUT2D eigenvalue weighted by Gasteiger charge is -2.31. The first-order valence-electron chi connectivity index (χ1n) is 7.55. The summed E-state index contributed by atoms with van der Waals surface area (Å²) in [6.07, 6.45) is 1.56. The van der Waals surface area contributed by atoms with Gasteiger partial charge >= 0.3 is 0 Å². The number of pyridine rings is 1. The molecule has 0 spiro atoms. The smallest absolute Gasteiger partial charge is 0.224 e. The van der Waals surface area contributed by atoms with Gasteiger partial charge in [-0.2, -0.15) is 0 Å². The monoisotopic (exact) mass is 356 g/mol. The molecule has 2 aromatic rings. The summed E-state index contributed by atoms with van der Waals surface area (Å²) in [6.45, 7) is 7.50. The van der Waals surface area contributed by atoms with Crippen LogP contribution < -0.4 is 4.74 Å². The van der Waals surface area contributed by atoms with Crippen molar-refractivity contribution in [2.75, 3.05) is 14.2 Å².